The number of carbonyl (C=O) groups excluding carboxylic acids is 1. The van der Waals surface area contributed by atoms with Gasteiger partial charge in [-0.15, -0.1) is 0 Å². The largest absolute Gasteiger partial charge is 0.468 e. The van der Waals surface area contributed by atoms with Crippen LogP contribution in [0.15, 0.2) is 41.0 Å². The summed E-state index contributed by atoms with van der Waals surface area (Å²) in [6.07, 6.45) is 1.85. The van der Waals surface area contributed by atoms with Crippen LogP contribution in [0.2, 0.25) is 5.02 Å². The van der Waals surface area contributed by atoms with Crippen LogP contribution in [0, 0.1) is 17.1 Å². The highest BCUT2D eigenvalue weighted by molar-refractivity contribution is 6.33. The number of furan rings is 1. The number of nitrogens with one attached hydrogen (secondary N) is 1. The van der Waals surface area contributed by atoms with Crippen molar-refractivity contribution in [3.63, 3.8) is 0 Å². The molecule has 0 fully saturated rings. The average molecular weight is 336 g/mol. The molecule has 1 aromatic heterocycles. The summed E-state index contributed by atoms with van der Waals surface area (Å²) in [6, 6.07) is 9.37. The zero-order valence-corrected chi connectivity index (χ0v) is 13.0. The Morgan fingerprint density at radius 1 is 1.43 bits per heavy atom. The molecule has 23 heavy (non-hydrogen) atoms. The summed E-state index contributed by atoms with van der Waals surface area (Å²) < 4.78 is 18.3. The second-order valence-electron chi connectivity index (χ2n) is 4.87. The fraction of sp³-hybridized carbons (Fsp3) is 0.250. The van der Waals surface area contributed by atoms with Gasteiger partial charge < -0.3 is 9.73 Å². The van der Waals surface area contributed by atoms with E-state index in [1.807, 2.05) is 6.07 Å². The maximum atomic E-state index is 13.0. The fourth-order valence-corrected chi connectivity index (χ4v) is 2.24. The van der Waals surface area contributed by atoms with Gasteiger partial charge in [0.05, 0.1) is 36.1 Å². The quantitative estimate of drug-likeness (QED) is 0.841. The zero-order valence-electron chi connectivity index (χ0n) is 12.3. The van der Waals surface area contributed by atoms with Crippen LogP contribution in [-0.2, 0) is 11.3 Å². The van der Waals surface area contributed by atoms with Gasteiger partial charge in [0.2, 0.25) is 5.91 Å². The summed E-state index contributed by atoms with van der Waals surface area (Å²) in [5, 5.41) is 11.5. The molecule has 1 heterocycles. The molecule has 0 saturated carbocycles. The zero-order chi connectivity index (χ0) is 16.7. The molecule has 2 rings (SSSR count). The minimum absolute atomic E-state index is 0.0656. The van der Waals surface area contributed by atoms with E-state index in [-0.39, 0.29) is 17.5 Å². The van der Waals surface area contributed by atoms with Gasteiger partial charge in [0.1, 0.15) is 11.6 Å². The molecular weight excluding hydrogens is 321 g/mol. The lowest BCUT2D eigenvalue weighted by Crippen LogP contribution is -2.33. The van der Waals surface area contributed by atoms with E-state index in [9.17, 15) is 9.18 Å². The van der Waals surface area contributed by atoms with E-state index in [1.165, 1.54) is 12.1 Å². The first-order valence-electron chi connectivity index (χ1n) is 6.95. The summed E-state index contributed by atoms with van der Waals surface area (Å²) in [7, 11) is 0. The van der Waals surface area contributed by atoms with Gasteiger partial charge in [-0.05, 0) is 30.3 Å². The molecular formula is C16H15ClFN3O2. The lowest BCUT2D eigenvalue weighted by molar-refractivity contribution is -0.117. The number of amides is 1. The minimum atomic E-state index is -0.471. The Morgan fingerprint density at radius 3 is 2.91 bits per heavy atom. The van der Waals surface area contributed by atoms with E-state index in [0.717, 1.165) is 6.07 Å². The molecule has 0 atom stereocenters. The lowest BCUT2D eigenvalue weighted by atomic mass is 10.3. The van der Waals surface area contributed by atoms with Crippen molar-refractivity contribution in [3.8, 4) is 6.07 Å². The van der Waals surface area contributed by atoms with Crippen LogP contribution in [-0.4, -0.2) is 23.9 Å². The van der Waals surface area contributed by atoms with E-state index < -0.39 is 5.82 Å². The number of hydrogen-bond acceptors (Lipinski definition) is 4. The molecule has 5 nitrogen and oxygen atoms in total. The molecule has 1 amide bonds. The number of carbonyl (C=O) groups is 1. The van der Waals surface area contributed by atoms with Crippen LogP contribution >= 0.6 is 11.6 Å². The Bertz CT molecular complexity index is 698. The first kappa shape index (κ1) is 17.0. The average Bonchev–Trinajstić information content (AvgIpc) is 3.00. The fourth-order valence-electron chi connectivity index (χ4n) is 2.03. The van der Waals surface area contributed by atoms with Crippen molar-refractivity contribution >= 4 is 23.2 Å². The lowest BCUT2D eigenvalue weighted by Gasteiger charge is -2.19. The highest BCUT2D eigenvalue weighted by Crippen LogP contribution is 2.22. The standard InChI is InChI=1S/C16H15ClFN3O2/c17-14-9-12(18)4-5-15(14)20-16(22)11-21(7-2-6-19)10-13-3-1-8-23-13/h1,3-5,8-9H,2,7,10-11H2,(H,20,22). The molecule has 0 aliphatic carbocycles. The molecule has 1 aromatic carbocycles. The molecule has 2 aromatic rings. The maximum Gasteiger partial charge on any atom is 0.238 e. The number of anilines is 1. The molecule has 0 unspecified atom stereocenters. The van der Waals surface area contributed by atoms with Crippen LogP contribution in [0.4, 0.5) is 10.1 Å². The van der Waals surface area contributed by atoms with Gasteiger partial charge in [0.25, 0.3) is 0 Å². The van der Waals surface area contributed by atoms with Gasteiger partial charge in [-0.1, -0.05) is 11.6 Å². The molecule has 0 saturated heterocycles. The second kappa shape index (κ2) is 8.32. The van der Waals surface area contributed by atoms with Gasteiger partial charge in [0.15, 0.2) is 0 Å². The highest BCUT2D eigenvalue weighted by atomic mass is 35.5. The third-order valence-corrected chi connectivity index (χ3v) is 3.38. The highest BCUT2D eigenvalue weighted by Gasteiger charge is 2.14. The number of hydrogen-bond donors (Lipinski definition) is 1. The van der Waals surface area contributed by atoms with E-state index in [2.05, 4.69) is 5.32 Å². The smallest absolute Gasteiger partial charge is 0.238 e. The summed E-state index contributed by atoms with van der Waals surface area (Å²) in [4.78, 5) is 13.9. The third-order valence-electron chi connectivity index (χ3n) is 3.07. The Kier molecular flexibility index (Phi) is 6.15. The first-order valence-corrected chi connectivity index (χ1v) is 7.33. The van der Waals surface area contributed by atoms with Gasteiger partial charge in [0, 0.05) is 13.0 Å². The Hall–Kier alpha value is -2.36. The topological polar surface area (TPSA) is 69.3 Å². The van der Waals surface area contributed by atoms with Crippen molar-refractivity contribution in [2.45, 2.75) is 13.0 Å². The predicted molar refractivity (Wildman–Crippen MR) is 84.3 cm³/mol. The van der Waals surface area contributed by atoms with Crippen molar-refractivity contribution < 1.29 is 13.6 Å². The molecule has 0 bridgehead atoms. The Labute approximate surface area is 138 Å². The van der Waals surface area contributed by atoms with E-state index in [4.69, 9.17) is 21.3 Å². The molecule has 0 aliphatic heterocycles. The number of nitriles is 1. The van der Waals surface area contributed by atoms with Gasteiger partial charge in [-0.25, -0.2) is 4.39 Å². The minimum Gasteiger partial charge on any atom is -0.468 e. The molecule has 0 aliphatic rings. The summed E-state index contributed by atoms with van der Waals surface area (Å²) in [6.45, 7) is 0.914. The molecule has 0 spiro atoms. The van der Waals surface area contributed by atoms with Crippen molar-refractivity contribution in [1.82, 2.24) is 4.90 Å². The van der Waals surface area contributed by atoms with Crippen LogP contribution < -0.4 is 5.32 Å². The first-order chi connectivity index (χ1) is 11.1. The van der Waals surface area contributed by atoms with Crippen molar-refractivity contribution in [2.24, 2.45) is 0 Å². The third kappa shape index (κ3) is 5.40. The van der Waals surface area contributed by atoms with Crippen LogP contribution in [0.5, 0.6) is 0 Å². The SMILES string of the molecule is N#CCCN(CC(=O)Nc1ccc(F)cc1Cl)Cc1ccco1. The number of rotatable bonds is 7. The van der Waals surface area contributed by atoms with Gasteiger partial charge in [-0.3, -0.25) is 9.69 Å². The number of benzene rings is 1. The van der Waals surface area contributed by atoms with Crippen molar-refractivity contribution in [1.29, 1.82) is 5.26 Å². The molecule has 120 valence electrons. The summed E-state index contributed by atoms with van der Waals surface area (Å²) in [5.41, 5.74) is 0.344. The van der Waals surface area contributed by atoms with Crippen LogP contribution in [0.3, 0.4) is 0 Å². The van der Waals surface area contributed by atoms with Crippen molar-refractivity contribution in [3.05, 3.63) is 53.2 Å². The van der Waals surface area contributed by atoms with E-state index in [1.54, 1.807) is 23.3 Å². The van der Waals surface area contributed by atoms with Gasteiger partial charge >= 0.3 is 0 Å². The second-order valence-corrected chi connectivity index (χ2v) is 5.28. The van der Waals surface area contributed by atoms with Crippen LogP contribution in [0.1, 0.15) is 12.2 Å². The van der Waals surface area contributed by atoms with Gasteiger partial charge in [-0.2, -0.15) is 5.26 Å². The Morgan fingerprint density at radius 2 is 2.26 bits per heavy atom. The van der Waals surface area contributed by atoms with Crippen molar-refractivity contribution in [2.75, 3.05) is 18.4 Å². The molecule has 7 heteroatoms. The molecule has 0 radical (unpaired) electrons. The molecule has 1 N–H and O–H groups in total. The predicted octanol–water partition coefficient (Wildman–Crippen LogP) is 3.43. The maximum absolute atomic E-state index is 13.0. The number of halogens is 2. The Balaban J connectivity index is 1.97. The monoisotopic (exact) mass is 335 g/mol. The van der Waals surface area contributed by atoms with E-state index in [0.29, 0.717) is 31.0 Å². The summed E-state index contributed by atoms with van der Waals surface area (Å²) in [5.74, 6) is -0.0694. The number of nitrogens with zero attached hydrogens (tertiary/aromatic N) is 2. The van der Waals surface area contributed by atoms with Crippen LogP contribution in [0.25, 0.3) is 0 Å². The normalized spacial score (nSPS) is 10.5. The summed E-state index contributed by atoms with van der Waals surface area (Å²) >= 11 is 5.88. The van der Waals surface area contributed by atoms with E-state index >= 15 is 0 Å².